The summed E-state index contributed by atoms with van der Waals surface area (Å²) in [5.41, 5.74) is 2.80. The Morgan fingerprint density at radius 3 is 3.00 bits per heavy atom. The van der Waals surface area contributed by atoms with E-state index in [0.29, 0.717) is 24.7 Å². The monoisotopic (exact) mass is 324 g/mol. The van der Waals surface area contributed by atoms with Gasteiger partial charge >= 0.3 is 5.97 Å². The zero-order valence-corrected chi connectivity index (χ0v) is 13.1. The smallest absolute Gasteiger partial charge is 0.317 e. The van der Waals surface area contributed by atoms with Crippen LogP contribution in [-0.4, -0.2) is 37.1 Å². The van der Waals surface area contributed by atoms with E-state index in [-0.39, 0.29) is 6.54 Å². The Balaban J connectivity index is 1.61. The number of fused-ring (bicyclic) bond motifs is 2. The van der Waals surface area contributed by atoms with Gasteiger partial charge in [-0.25, -0.2) is 9.97 Å². The number of carboxylic acid groups (broad SMARTS) is 1. The predicted molar refractivity (Wildman–Crippen MR) is 86.8 cm³/mol. The highest BCUT2D eigenvalue weighted by Gasteiger charge is 2.26. The lowest BCUT2D eigenvalue weighted by Crippen LogP contribution is -2.24. The lowest BCUT2D eigenvalue weighted by Gasteiger charge is -2.11. The molecule has 1 aliphatic rings. The van der Waals surface area contributed by atoms with Gasteiger partial charge in [0.1, 0.15) is 12.1 Å². The highest BCUT2D eigenvalue weighted by Crippen LogP contribution is 2.31. The molecule has 1 N–H and O–H groups in total. The molecular formula is C17H16N4O3. The van der Waals surface area contributed by atoms with Crippen molar-refractivity contribution in [3.05, 3.63) is 48.0 Å². The van der Waals surface area contributed by atoms with E-state index in [1.54, 1.807) is 4.90 Å². The molecule has 0 unspecified atom stereocenters. The normalized spacial score (nSPS) is 14.0. The molecule has 3 heterocycles. The third-order valence-corrected chi connectivity index (χ3v) is 4.18. The van der Waals surface area contributed by atoms with E-state index in [9.17, 15) is 4.79 Å². The second-order valence-electron chi connectivity index (χ2n) is 5.89. The number of hydrogen-bond acceptors (Lipinski definition) is 5. The van der Waals surface area contributed by atoms with E-state index in [4.69, 9.17) is 9.84 Å². The minimum Gasteiger partial charge on any atom is -0.480 e. The van der Waals surface area contributed by atoms with Crippen molar-refractivity contribution in [3.8, 4) is 11.6 Å². The molecule has 24 heavy (non-hydrogen) atoms. The second-order valence-corrected chi connectivity index (χ2v) is 5.89. The molecule has 1 aliphatic heterocycles. The molecule has 122 valence electrons. The van der Waals surface area contributed by atoms with Crippen molar-refractivity contribution in [2.45, 2.75) is 13.1 Å². The van der Waals surface area contributed by atoms with Gasteiger partial charge in [-0.2, -0.15) is 0 Å². The van der Waals surface area contributed by atoms with Crippen LogP contribution in [0.1, 0.15) is 11.3 Å². The summed E-state index contributed by atoms with van der Waals surface area (Å²) in [4.78, 5) is 21.2. The first-order chi connectivity index (χ1) is 11.6. The average molecular weight is 324 g/mol. The highest BCUT2D eigenvalue weighted by molar-refractivity contribution is 5.81. The number of aromatic nitrogens is 3. The van der Waals surface area contributed by atoms with Crippen LogP contribution in [0.25, 0.3) is 10.9 Å². The molecule has 4 rings (SSSR count). The number of carbonyl (C=O) groups is 1. The fourth-order valence-corrected chi connectivity index (χ4v) is 3.04. The van der Waals surface area contributed by atoms with E-state index in [2.05, 4.69) is 9.97 Å². The summed E-state index contributed by atoms with van der Waals surface area (Å²) in [7, 11) is 2.00. The van der Waals surface area contributed by atoms with Gasteiger partial charge in [0.05, 0.1) is 17.8 Å². The summed E-state index contributed by atoms with van der Waals surface area (Å²) < 4.78 is 8.00. The molecule has 3 aromatic rings. The van der Waals surface area contributed by atoms with E-state index in [0.717, 1.165) is 22.2 Å². The van der Waals surface area contributed by atoms with Gasteiger partial charge in [0.15, 0.2) is 0 Å². The standard InChI is InChI=1S/C17H16N4O3/c1-20-5-4-11-6-12(2-3-15(11)20)24-17-13-7-21(9-16(22)23)8-14(13)18-10-19-17/h2-6,10H,7-9H2,1H3,(H,22,23). The molecule has 0 saturated carbocycles. The van der Waals surface area contributed by atoms with Gasteiger partial charge in [0, 0.05) is 37.2 Å². The Hall–Kier alpha value is -2.93. The van der Waals surface area contributed by atoms with Crippen molar-refractivity contribution in [1.82, 2.24) is 19.4 Å². The van der Waals surface area contributed by atoms with E-state index >= 15 is 0 Å². The zero-order chi connectivity index (χ0) is 16.7. The van der Waals surface area contributed by atoms with Gasteiger partial charge in [-0.05, 0) is 24.3 Å². The number of carboxylic acids is 1. The minimum absolute atomic E-state index is 0.0220. The van der Waals surface area contributed by atoms with Crippen LogP contribution >= 0.6 is 0 Å². The van der Waals surface area contributed by atoms with Crippen molar-refractivity contribution in [2.75, 3.05) is 6.54 Å². The molecule has 0 radical (unpaired) electrons. The van der Waals surface area contributed by atoms with Crippen LogP contribution in [0.15, 0.2) is 36.8 Å². The van der Waals surface area contributed by atoms with Crippen LogP contribution in [-0.2, 0) is 24.9 Å². The second kappa shape index (κ2) is 5.61. The molecule has 7 heteroatoms. The van der Waals surface area contributed by atoms with Gasteiger partial charge in [-0.3, -0.25) is 9.69 Å². The van der Waals surface area contributed by atoms with Crippen molar-refractivity contribution in [2.24, 2.45) is 7.05 Å². The van der Waals surface area contributed by atoms with Crippen LogP contribution in [0.4, 0.5) is 0 Å². The van der Waals surface area contributed by atoms with Crippen molar-refractivity contribution < 1.29 is 14.6 Å². The Morgan fingerprint density at radius 2 is 2.17 bits per heavy atom. The average Bonchev–Trinajstić information content (AvgIpc) is 3.11. The number of hydrogen-bond donors (Lipinski definition) is 1. The van der Waals surface area contributed by atoms with Crippen LogP contribution < -0.4 is 4.74 Å². The van der Waals surface area contributed by atoms with Gasteiger partial charge in [0.25, 0.3) is 0 Å². The Labute approximate surface area is 138 Å². The van der Waals surface area contributed by atoms with Crippen LogP contribution in [0.3, 0.4) is 0 Å². The molecule has 2 aromatic heterocycles. The fourth-order valence-electron chi connectivity index (χ4n) is 3.04. The van der Waals surface area contributed by atoms with Crippen LogP contribution in [0.2, 0.25) is 0 Å². The molecule has 0 aliphatic carbocycles. The number of benzene rings is 1. The molecular weight excluding hydrogens is 308 g/mol. The van der Waals surface area contributed by atoms with Gasteiger partial charge in [-0.15, -0.1) is 0 Å². The number of rotatable bonds is 4. The Morgan fingerprint density at radius 1 is 1.29 bits per heavy atom. The Kier molecular flexibility index (Phi) is 3.42. The third kappa shape index (κ3) is 2.59. The largest absolute Gasteiger partial charge is 0.480 e. The van der Waals surface area contributed by atoms with E-state index in [1.807, 2.05) is 42.1 Å². The first-order valence-electron chi connectivity index (χ1n) is 7.60. The van der Waals surface area contributed by atoms with Crippen molar-refractivity contribution in [1.29, 1.82) is 0 Å². The molecule has 0 amide bonds. The maximum atomic E-state index is 10.9. The first-order valence-corrected chi connectivity index (χ1v) is 7.60. The summed E-state index contributed by atoms with van der Waals surface area (Å²) >= 11 is 0. The SMILES string of the molecule is Cn1ccc2cc(Oc3ncnc4c3CN(CC(=O)O)C4)ccc21. The maximum absolute atomic E-state index is 10.9. The lowest BCUT2D eigenvalue weighted by molar-refractivity contribution is -0.138. The summed E-state index contributed by atoms with van der Waals surface area (Å²) in [6, 6.07) is 7.90. The predicted octanol–water partition coefficient (Wildman–Crippen LogP) is 2.16. The molecule has 0 spiro atoms. The molecule has 0 fully saturated rings. The number of aryl methyl sites for hydroxylation is 1. The number of nitrogens with zero attached hydrogens (tertiary/aromatic N) is 4. The summed E-state index contributed by atoms with van der Waals surface area (Å²) in [6.07, 6.45) is 3.46. The molecule has 1 aromatic carbocycles. The highest BCUT2D eigenvalue weighted by atomic mass is 16.5. The molecule has 7 nitrogen and oxygen atoms in total. The van der Waals surface area contributed by atoms with Crippen molar-refractivity contribution in [3.63, 3.8) is 0 Å². The van der Waals surface area contributed by atoms with E-state index < -0.39 is 5.97 Å². The first kappa shape index (κ1) is 14.6. The lowest BCUT2D eigenvalue weighted by atomic mass is 10.2. The maximum Gasteiger partial charge on any atom is 0.317 e. The minimum atomic E-state index is -0.854. The summed E-state index contributed by atoms with van der Waals surface area (Å²) in [5.74, 6) is 0.335. The number of aliphatic carboxylic acids is 1. The Bertz CT molecular complexity index is 935. The van der Waals surface area contributed by atoms with Crippen molar-refractivity contribution >= 4 is 16.9 Å². The summed E-state index contributed by atoms with van der Waals surface area (Å²) in [6.45, 7) is 0.954. The van der Waals surface area contributed by atoms with E-state index in [1.165, 1.54) is 6.33 Å². The van der Waals surface area contributed by atoms with Gasteiger partial charge in [0.2, 0.25) is 5.88 Å². The molecule has 0 bridgehead atoms. The number of ether oxygens (including phenoxy) is 1. The summed E-state index contributed by atoms with van der Waals surface area (Å²) in [5, 5.41) is 10.0. The zero-order valence-electron chi connectivity index (χ0n) is 13.1. The third-order valence-electron chi connectivity index (χ3n) is 4.18. The van der Waals surface area contributed by atoms with Crippen LogP contribution in [0, 0.1) is 0 Å². The van der Waals surface area contributed by atoms with Crippen LogP contribution in [0.5, 0.6) is 11.6 Å². The molecule has 0 atom stereocenters. The fraction of sp³-hybridized carbons (Fsp3) is 0.235. The topological polar surface area (TPSA) is 80.5 Å². The molecule has 0 saturated heterocycles. The van der Waals surface area contributed by atoms with Gasteiger partial charge in [-0.1, -0.05) is 0 Å². The quantitative estimate of drug-likeness (QED) is 0.792. The van der Waals surface area contributed by atoms with Gasteiger partial charge < -0.3 is 14.4 Å².